The maximum atomic E-state index is 5.86. The first-order valence-electron chi connectivity index (χ1n) is 7.87. The minimum Gasteiger partial charge on any atom is -0.492 e. The van der Waals surface area contributed by atoms with E-state index in [1.54, 1.807) is 0 Å². The average Bonchev–Trinajstić information content (AvgIpc) is 2.50. The summed E-state index contributed by atoms with van der Waals surface area (Å²) in [5.41, 5.74) is 6.76. The van der Waals surface area contributed by atoms with E-state index in [0.29, 0.717) is 12.6 Å². The van der Waals surface area contributed by atoms with Gasteiger partial charge in [0.2, 0.25) is 0 Å². The number of hydrogen-bond donors (Lipinski definition) is 1. The van der Waals surface area contributed by atoms with Gasteiger partial charge in [-0.1, -0.05) is 32.4 Å². The molecule has 0 saturated heterocycles. The van der Waals surface area contributed by atoms with Crippen LogP contribution >= 0.6 is 0 Å². The quantitative estimate of drug-likeness (QED) is 0.712. The second kappa shape index (κ2) is 9.78. The number of nitrogens with zero attached hydrogens (tertiary/aromatic N) is 1. The van der Waals surface area contributed by atoms with Crippen LogP contribution in [0, 0.1) is 0 Å². The van der Waals surface area contributed by atoms with Crippen molar-refractivity contribution in [3.05, 3.63) is 29.8 Å². The highest BCUT2D eigenvalue weighted by Crippen LogP contribution is 2.13. The number of ether oxygens (including phenoxy) is 1. The van der Waals surface area contributed by atoms with Crippen LogP contribution in [0.2, 0.25) is 0 Å². The molecule has 0 aliphatic carbocycles. The van der Waals surface area contributed by atoms with Gasteiger partial charge in [-0.3, -0.25) is 4.90 Å². The molecule has 1 aromatic rings. The molecular formula is C17H30N2O. The maximum absolute atomic E-state index is 5.86. The van der Waals surface area contributed by atoms with Gasteiger partial charge >= 0.3 is 0 Å². The van der Waals surface area contributed by atoms with E-state index in [1.165, 1.54) is 19.3 Å². The van der Waals surface area contributed by atoms with Crippen molar-refractivity contribution in [1.29, 1.82) is 0 Å². The summed E-state index contributed by atoms with van der Waals surface area (Å²) in [6, 6.07) is 8.68. The molecule has 1 unspecified atom stereocenters. The van der Waals surface area contributed by atoms with Crippen molar-refractivity contribution in [2.24, 2.45) is 5.73 Å². The van der Waals surface area contributed by atoms with Gasteiger partial charge in [0.1, 0.15) is 12.4 Å². The van der Waals surface area contributed by atoms with Crippen molar-refractivity contribution in [2.45, 2.75) is 52.6 Å². The zero-order chi connectivity index (χ0) is 14.8. The lowest BCUT2D eigenvalue weighted by molar-refractivity contribution is 0.162. The van der Waals surface area contributed by atoms with Gasteiger partial charge < -0.3 is 10.5 Å². The predicted octanol–water partition coefficient (Wildman–Crippen LogP) is 3.42. The van der Waals surface area contributed by atoms with E-state index in [0.717, 1.165) is 31.0 Å². The molecule has 3 nitrogen and oxygen atoms in total. The summed E-state index contributed by atoms with van der Waals surface area (Å²) in [5, 5.41) is 0. The molecular weight excluding hydrogens is 248 g/mol. The van der Waals surface area contributed by atoms with Crippen molar-refractivity contribution >= 4 is 0 Å². The van der Waals surface area contributed by atoms with Crippen LogP contribution in [0.1, 0.15) is 45.6 Å². The summed E-state index contributed by atoms with van der Waals surface area (Å²) in [5.74, 6) is 0.924. The fourth-order valence-electron chi connectivity index (χ4n) is 2.21. The standard InChI is InChI=1S/C17H30N2O/c1-4-6-10-19(15(3)5-2)11-12-20-17-9-7-8-16(13-17)14-18/h7-9,13,15H,4-6,10-12,14,18H2,1-3H3. The fraction of sp³-hybridized carbons (Fsp3) is 0.647. The Bertz CT molecular complexity index is 368. The van der Waals surface area contributed by atoms with Gasteiger partial charge in [0, 0.05) is 19.1 Å². The number of hydrogen-bond acceptors (Lipinski definition) is 3. The molecule has 0 amide bonds. The third-order valence-corrected chi connectivity index (χ3v) is 3.79. The van der Waals surface area contributed by atoms with Gasteiger partial charge in [0.05, 0.1) is 0 Å². The van der Waals surface area contributed by atoms with Crippen LogP contribution in [0.3, 0.4) is 0 Å². The van der Waals surface area contributed by atoms with Gasteiger partial charge in [-0.15, -0.1) is 0 Å². The Labute approximate surface area is 124 Å². The molecule has 1 rings (SSSR count). The number of benzene rings is 1. The van der Waals surface area contributed by atoms with Crippen LogP contribution in [0.4, 0.5) is 0 Å². The molecule has 2 N–H and O–H groups in total. The molecule has 0 aromatic heterocycles. The van der Waals surface area contributed by atoms with Gasteiger partial charge in [-0.25, -0.2) is 0 Å². The molecule has 0 aliphatic heterocycles. The van der Waals surface area contributed by atoms with E-state index in [-0.39, 0.29) is 0 Å². The Morgan fingerprint density at radius 2 is 2.05 bits per heavy atom. The summed E-state index contributed by atoms with van der Waals surface area (Å²) in [6.07, 6.45) is 3.69. The summed E-state index contributed by atoms with van der Waals surface area (Å²) >= 11 is 0. The molecule has 0 fully saturated rings. The molecule has 1 atom stereocenters. The normalized spacial score (nSPS) is 12.7. The first kappa shape index (κ1) is 17.0. The smallest absolute Gasteiger partial charge is 0.119 e. The molecule has 20 heavy (non-hydrogen) atoms. The second-order valence-corrected chi connectivity index (χ2v) is 5.35. The lowest BCUT2D eigenvalue weighted by atomic mass is 10.2. The van der Waals surface area contributed by atoms with Crippen LogP contribution in [-0.4, -0.2) is 30.6 Å². The highest BCUT2D eigenvalue weighted by atomic mass is 16.5. The van der Waals surface area contributed by atoms with E-state index in [2.05, 4.69) is 25.7 Å². The largest absolute Gasteiger partial charge is 0.492 e. The summed E-state index contributed by atoms with van der Waals surface area (Å²) < 4.78 is 5.86. The van der Waals surface area contributed by atoms with Gasteiger partial charge in [-0.2, -0.15) is 0 Å². The molecule has 0 heterocycles. The zero-order valence-electron chi connectivity index (χ0n) is 13.3. The number of unbranched alkanes of at least 4 members (excludes halogenated alkanes) is 1. The molecule has 114 valence electrons. The highest BCUT2D eigenvalue weighted by Gasteiger charge is 2.11. The molecule has 1 aromatic carbocycles. The fourth-order valence-corrected chi connectivity index (χ4v) is 2.21. The summed E-state index contributed by atoms with van der Waals surface area (Å²) in [7, 11) is 0. The van der Waals surface area contributed by atoms with Crippen molar-refractivity contribution < 1.29 is 4.74 Å². The Morgan fingerprint density at radius 1 is 1.25 bits per heavy atom. The zero-order valence-corrected chi connectivity index (χ0v) is 13.3. The van der Waals surface area contributed by atoms with E-state index in [4.69, 9.17) is 10.5 Å². The second-order valence-electron chi connectivity index (χ2n) is 5.35. The molecule has 0 saturated carbocycles. The summed E-state index contributed by atoms with van der Waals surface area (Å²) in [4.78, 5) is 2.52. The predicted molar refractivity (Wildman–Crippen MR) is 86.1 cm³/mol. The number of nitrogens with two attached hydrogens (primary N) is 1. The summed E-state index contributed by atoms with van der Waals surface area (Å²) in [6.45, 7) is 10.2. The molecule has 0 radical (unpaired) electrons. The third-order valence-electron chi connectivity index (χ3n) is 3.79. The SMILES string of the molecule is CCCCN(CCOc1cccc(CN)c1)C(C)CC. The van der Waals surface area contributed by atoms with Crippen LogP contribution in [0.5, 0.6) is 5.75 Å². The van der Waals surface area contributed by atoms with Gasteiger partial charge in [0.25, 0.3) is 0 Å². The van der Waals surface area contributed by atoms with Crippen LogP contribution < -0.4 is 10.5 Å². The first-order chi connectivity index (χ1) is 9.71. The van der Waals surface area contributed by atoms with E-state index in [1.807, 2.05) is 24.3 Å². The van der Waals surface area contributed by atoms with Crippen molar-refractivity contribution in [2.75, 3.05) is 19.7 Å². The highest BCUT2D eigenvalue weighted by molar-refractivity contribution is 5.28. The van der Waals surface area contributed by atoms with Gasteiger partial charge in [-0.05, 0) is 44.0 Å². The Kier molecular flexibility index (Phi) is 8.31. The molecule has 0 aliphatic rings. The van der Waals surface area contributed by atoms with Crippen molar-refractivity contribution in [1.82, 2.24) is 4.90 Å². The van der Waals surface area contributed by atoms with E-state index in [9.17, 15) is 0 Å². The minimum absolute atomic E-state index is 0.562. The Balaban J connectivity index is 2.42. The number of rotatable bonds is 10. The van der Waals surface area contributed by atoms with Crippen LogP contribution in [0.15, 0.2) is 24.3 Å². The maximum Gasteiger partial charge on any atom is 0.119 e. The van der Waals surface area contributed by atoms with Crippen LogP contribution in [-0.2, 0) is 6.54 Å². The minimum atomic E-state index is 0.562. The van der Waals surface area contributed by atoms with Crippen molar-refractivity contribution in [3.8, 4) is 5.75 Å². The average molecular weight is 278 g/mol. The molecule has 3 heteroatoms. The topological polar surface area (TPSA) is 38.5 Å². The lowest BCUT2D eigenvalue weighted by Gasteiger charge is -2.28. The van der Waals surface area contributed by atoms with Crippen LogP contribution in [0.25, 0.3) is 0 Å². The van der Waals surface area contributed by atoms with Gasteiger partial charge in [0.15, 0.2) is 0 Å². The van der Waals surface area contributed by atoms with Crippen molar-refractivity contribution in [3.63, 3.8) is 0 Å². The Morgan fingerprint density at radius 3 is 2.70 bits per heavy atom. The Hall–Kier alpha value is -1.06. The first-order valence-corrected chi connectivity index (χ1v) is 7.87. The molecule has 0 spiro atoms. The van der Waals surface area contributed by atoms with E-state index >= 15 is 0 Å². The lowest BCUT2D eigenvalue weighted by Crippen LogP contribution is -2.36. The third kappa shape index (κ3) is 5.93. The monoisotopic (exact) mass is 278 g/mol. The van der Waals surface area contributed by atoms with E-state index < -0.39 is 0 Å². The molecule has 0 bridgehead atoms.